The summed E-state index contributed by atoms with van der Waals surface area (Å²) in [7, 11) is 0. The van der Waals surface area contributed by atoms with Crippen LogP contribution in [0.15, 0.2) is 24.3 Å². The number of nitrogens with zero attached hydrogens (tertiary/aromatic N) is 3. The molecule has 0 unspecified atom stereocenters. The highest BCUT2D eigenvalue weighted by atomic mass is 19.4. The van der Waals surface area contributed by atoms with Gasteiger partial charge in [-0.25, -0.2) is 9.97 Å². The topological polar surface area (TPSA) is 95.3 Å². The molecule has 0 spiro atoms. The van der Waals surface area contributed by atoms with E-state index in [0.29, 0.717) is 47.9 Å². The lowest BCUT2D eigenvalue weighted by Crippen LogP contribution is -2.31. The Morgan fingerprint density at radius 1 is 0.975 bits per heavy atom. The van der Waals surface area contributed by atoms with Gasteiger partial charge in [0, 0.05) is 11.8 Å². The zero-order valence-electron chi connectivity index (χ0n) is 24.1. The van der Waals surface area contributed by atoms with Gasteiger partial charge in [0.2, 0.25) is 0 Å². The summed E-state index contributed by atoms with van der Waals surface area (Å²) in [5, 5.41) is 2.51. The molecule has 40 heavy (non-hydrogen) atoms. The highest BCUT2D eigenvalue weighted by molar-refractivity contribution is 6.10. The van der Waals surface area contributed by atoms with Crippen molar-refractivity contribution in [3.8, 4) is 0 Å². The fourth-order valence-corrected chi connectivity index (χ4v) is 4.81. The van der Waals surface area contributed by atoms with Crippen molar-refractivity contribution >= 4 is 39.6 Å². The molecular formula is C29H39F3N4O4. The standard InChI is InChI=1S/C29H39F3N4O4/c1-7-8-15-21-34-22-23(19-13-9-10-14-20(19)33-24(22)35-25(37)29(30,31)32)36(21)40-17-12-11-16-39-26(38)28(5,6)18-27(2,3)4/h9-10,13-14H,7-8,11-12,15-18H2,1-6H3,(H,33,35,37). The monoisotopic (exact) mass is 564 g/mol. The van der Waals surface area contributed by atoms with Crippen LogP contribution in [0, 0.1) is 10.8 Å². The number of aryl methyl sites for hydroxylation is 1. The molecule has 1 N–H and O–H groups in total. The van der Waals surface area contributed by atoms with Gasteiger partial charge in [0.1, 0.15) is 23.5 Å². The van der Waals surface area contributed by atoms with Crippen molar-refractivity contribution in [1.29, 1.82) is 0 Å². The third-order valence-electron chi connectivity index (χ3n) is 6.28. The first-order valence-electron chi connectivity index (χ1n) is 13.6. The number of para-hydroxylation sites is 1. The number of alkyl halides is 3. The summed E-state index contributed by atoms with van der Waals surface area (Å²) >= 11 is 0. The SMILES string of the molecule is CCCCc1nc2c(NC(=O)C(F)(F)F)nc3ccccc3c2n1OCCCCOC(=O)C(C)(C)CC(C)(C)C. The van der Waals surface area contributed by atoms with Gasteiger partial charge in [-0.15, -0.1) is 0 Å². The smallest absolute Gasteiger partial charge is 0.465 e. The highest BCUT2D eigenvalue weighted by Crippen LogP contribution is 2.34. The number of esters is 1. The van der Waals surface area contributed by atoms with Gasteiger partial charge in [-0.2, -0.15) is 17.9 Å². The number of ether oxygens (including phenoxy) is 1. The number of carbonyl (C=O) groups is 2. The zero-order valence-corrected chi connectivity index (χ0v) is 24.1. The first-order chi connectivity index (χ1) is 18.6. The summed E-state index contributed by atoms with van der Waals surface area (Å²) in [4.78, 5) is 39.3. The van der Waals surface area contributed by atoms with Crippen molar-refractivity contribution in [2.75, 3.05) is 18.5 Å². The van der Waals surface area contributed by atoms with Crippen LogP contribution in [0.4, 0.5) is 19.0 Å². The molecule has 2 aromatic heterocycles. The predicted octanol–water partition coefficient (Wildman–Crippen LogP) is 6.64. The van der Waals surface area contributed by atoms with Crippen LogP contribution in [0.25, 0.3) is 21.9 Å². The molecule has 1 amide bonds. The van der Waals surface area contributed by atoms with Crippen LogP contribution in [0.2, 0.25) is 0 Å². The third kappa shape index (κ3) is 7.85. The van der Waals surface area contributed by atoms with Crippen LogP contribution >= 0.6 is 0 Å². The lowest BCUT2D eigenvalue weighted by molar-refractivity contribution is -0.167. The number of pyridine rings is 1. The number of fused-ring (bicyclic) bond motifs is 3. The number of hydrogen-bond donors (Lipinski definition) is 1. The number of rotatable bonds is 12. The van der Waals surface area contributed by atoms with Gasteiger partial charge in [0.25, 0.3) is 0 Å². The molecule has 0 aliphatic heterocycles. The number of anilines is 1. The maximum Gasteiger partial charge on any atom is 0.471 e. The molecule has 0 bridgehead atoms. The van der Waals surface area contributed by atoms with E-state index in [1.54, 1.807) is 24.3 Å². The molecule has 1 aromatic carbocycles. The van der Waals surface area contributed by atoms with Crippen LogP contribution in [-0.4, -0.2) is 46.0 Å². The predicted molar refractivity (Wildman–Crippen MR) is 148 cm³/mol. The Labute approximate surface area is 232 Å². The molecule has 0 radical (unpaired) electrons. The summed E-state index contributed by atoms with van der Waals surface area (Å²) in [6.45, 7) is 12.6. The summed E-state index contributed by atoms with van der Waals surface area (Å²) in [6, 6.07) is 6.93. The molecule has 0 saturated heterocycles. The summed E-state index contributed by atoms with van der Waals surface area (Å²) in [6.07, 6.45) is -1.06. The number of carbonyl (C=O) groups excluding carboxylic acids is 2. The molecule has 0 aliphatic rings. The van der Waals surface area contributed by atoms with E-state index in [0.717, 1.165) is 12.8 Å². The molecule has 8 nitrogen and oxygen atoms in total. The minimum absolute atomic E-state index is 0.00543. The molecule has 220 valence electrons. The average molecular weight is 565 g/mol. The minimum Gasteiger partial charge on any atom is -0.465 e. The van der Waals surface area contributed by atoms with E-state index in [9.17, 15) is 22.8 Å². The quantitative estimate of drug-likeness (QED) is 0.196. The van der Waals surface area contributed by atoms with E-state index < -0.39 is 17.5 Å². The van der Waals surface area contributed by atoms with Crippen molar-refractivity contribution in [3.05, 3.63) is 30.1 Å². The molecule has 0 atom stereocenters. The molecule has 2 heterocycles. The number of unbranched alkanes of at least 4 members (excludes halogenated alkanes) is 2. The van der Waals surface area contributed by atoms with Gasteiger partial charge in [0.05, 0.1) is 17.5 Å². The molecule has 0 saturated carbocycles. The normalized spacial score (nSPS) is 12.6. The second-order valence-corrected chi connectivity index (χ2v) is 11.9. The Balaban J connectivity index is 1.80. The number of benzene rings is 1. The van der Waals surface area contributed by atoms with Gasteiger partial charge >= 0.3 is 18.1 Å². The van der Waals surface area contributed by atoms with Crippen LogP contribution in [0.5, 0.6) is 0 Å². The van der Waals surface area contributed by atoms with E-state index in [1.165, 1.54) is 4.73 Å². The molecule has 0 fully saturated rings. The van der Waals surface area contributed by atoms with Gasteiger partial charge in [0.15, 0.2) is 5.82 Å². The Morgan fingerprint density at radius 3 is 2.30 bits per heavy atom. The van der Waals surface area contributed by atoms with E-state index in [-0.39, 0.29) is 35.9 Å². The summed E-state index contributed by atoms with van der Waals surface area (Å²) in [5.41, 5.74) is 0.354. The molecule has 11 heteroatoms. The largest absolute Gasteiger partial charge is 0.471 e. The number of aromatic nitrogens is 3. The van der Waals surface area contributed by atoms with Gasteiger partial charge in [-0.1, -0.05) is 52.3 Å². The molecule has 0 aliphatic carbocycles. The highest BCUT2D eigenvalue weighted by Gasteiger charge is 2.39. The molecule has 3 aromatic rings. The number of halogens is 3. The number of hydrogen-bond acceptors (Lipinski definition) is 6. The maximum atomic E-state index is 13.0. The number of nitrogens with one attached hydrogen (secondary N) is 1. The van der Waals surface area contributed by atoms with Crippen molar-refractivity contribution in [1.82, 2.24) is 14.7 Å². The number of amides is 1. The minimum atomic E-state index is -5.07. The maximum absolute atomic E-state index is 13.0. The number of imidazole rings is 1. The second kappa shape index (κ2) is 12.4. The van der Waals surface area contributed by atoms with Crippen LogP contribution in [0.1, 0.15) is 79.5 Å². The first kappa shape index (κ1) is 31.2. The fraction of sp³-hybridized carbons (Fsp3) is 0.586. The van der Waals surface area contributed by atoms with Gasteiger partial charge < -0.3 is 14.9 Å². The van der Waals surface area contributed by atoms with Crippen molar-refractivity contribution in [2.45, 2.75) is 86.2 Å². The third-order valence-corrected chi connectivity index (χ3v) is 6.28. The van der Waals surface area contributed by atoms with Crippen molar-refractivity contribution < 1.29 is 32.3 Å². The Kier molecular flexibility index (Phi) is 9.68. The average Bonchev–Trinajstić information content (AvgIpc) is 3.21. The lowest BCUT2D eigenvalue weighted by atomic mass is 9.76. The summed E-state index contributed by atoms with van der Waals surface area (Å²) in [5.74, 6) is -2.12. The molecular weight excluding hydrogens is 525 g/mol. The van der Waals surface area contributed by atoms with E-state index >= 15 is 0 Å². The van der Waals surface area contributed by atoms with Crippen LogP contribution in [0.3, 0.4) is 0 Å². The summed E-state index contributed by atoms with van der Waals surface area (Å²) < 4.78 is 46.2. The van der Waals surface area contributed by atoms with Crippen molar-refractivity contribution in [2.24, 2.45) is 10.8 Å². The van der Waals surface area contributed by atoms with Crippen LogP contribution in [-0.2, 0) is 20.7 Å². The fourth-order valence-electron chi connectivity index (χ4n) is 4.81. The Hall–Kier alpha value is -3.37. The van der Waals surface area contributed by atoms with Gasteiger partial charge in [-0.05, 0) is 51.0 Å². The first-order valence-corrected chi connectivity index (χ1v) is 13.6. The molecule has 3 rings (SSSR count). The van der Waals surface area contributed by atoms with E-state index in [4.69, 9.17) is 9.57 Å². The lowest BCUT2D eigenvalue weighted by Gasteiger charge is -2.30. The Bertz CT molecular complexity index is 1340. The van der Waals surface area contributed by atoms with Gasteiger partial charge in [-0.3, -0.25) is 9.59 Å². The zero-order chi connectivity index (χ0) is 29.7. The van der Waals surface area contributed by atoms with Crippen molar-refractivity contribution in [3.63, 3.8) is 0 Å². The second-order valence-electron chi connectivity index (χ2n) is 11.9. The van der Waals surface area contributed by atoms with E-state index in [1.807, 2.05) is 26.1 Å². The Morgan fingerprint density at radius 2 is 1.65 bits per heavy atom. The van der Waals surface area contributed by atoms with Crippen LogP contribution < -0.4 is 10.2 Å². The van der Waals surface area contributed by atoms with E-state index in [2.05, 4.69) is 30.7 Å².